The summed E-state index contributed by atoms with van der Waals surface area (Å²) >= 11 is 3.47. The van der Waals surface area contributed by atoms with Crippen molar-refractivity contribution in [1.29, 1.82) is 0 Å². The van der Waals surface area contributed by atoms with Gasteiger partial charge >= 0.3 is 0 Å². The Morgan fingerprint density at radius 3 is 2.68 bits per heavy atom. The molecule has 1 N–H and O–H groups in total. The Morgan fingerprint density at radius 1 is 1.21 bits per heavy atom. The van der Waals surface area contributed by atoms with Crippen molar-refractivity contribution in [2.24, 2.45) is 0 Å². The van der Waals surface area contributed by atoms with Gasteiger partial charge in [0.15, 0.2) is 0 Å². The zero-order valence-corrected chi connectivity index (χ0v) is 12.6. The SMILES string of the molecule is CCCNC(Cc1cncc(Br)c1)c1ccncc1. The van der Waals surface area contributed by atoms with Gasteiger partial charge in [-0.1, -0.05) is 6.92 Å². The maximum Gasteiger partial charge on any atom is 0.0410 e. The number of rotatable bonds is 6. The first kappa shape index (κ1) is 14.2. The molecule has 0 saturated heterocycles. The summed E-state index contributed by atoms with van der Waals surface area (Å²) in [6.45, 7) is 3.19. The van der Waals surface area contributed by atoms with Crippen molar-refractivity contribution in [3.63, 3.8) is 0 Å². The third kappa shape index (κ3) is 4.40. The van der Waals surface area contributed by atoms with Crippen molar-refractivity contribution in [2.75, 3.05) is 6.54 Å². The van der Waals surface area contributed by atoms with E-state index in [4.69, 9.17) is 0 Å². The summed E-state index contributed by atoms with van der Waals surface area (Å²) in [5.74, 6) is 0. The van der Waals surface area contributed by atoms with Crippen LogP contribution in [0.5, 0.6) is 0 Å². The molecule has 2 aromatic heterocycles. The average Bonchev–Trinajstić information content (AvgIpc) is 2.44. The van der Waals surface area contributed by atoms with Crippen LogP contribution >= 0.6 is 15.9 Å². The maximum atomic E-state index is 4.22. The molecule has 0 fully saturated rings. The second kappa shape index (κ2) is 7.36. The molecule has 19 heavy (non-hydrogen) atoms. The molecule has 1 atom stereocenters. The monoisotopic (exact) mass is 319 g/mol. The van der Waals surface area contributed by atoms with Crippen molar-refractivity contribution >= 4 is 15.9 Å². The third-order valence-electron chi connectivity index (χ3n) is 2.95. The van der Waals surface area contributed by atoms with Crippen LogP contribution in [0.3, 0.4) is 0 Å². The fourth-order valence-corrected chi connectivity index (χ4v) is 2.44. The maximum absolute atomic E-state index is 4.22. The molecule has 4 heteroatoms. The lowest BCUT2D eigenvalue weighted by molar-refractivity contribution is 0.528. The van der Waals surface area contributed by atoms with Crippen LogP contribution in [0, 0.1) is 0 Å². The van der Waals surface area contributed by atoms with Crippen molar-refractivity contribution in [2.45, 2.75) is 25.8 Å². The predicted molar refractivity (Wildman–Crippen MR) is 80.9 cm³/mol. The normalized spacial score (nSPS) is 12.3. The van der Waals surface area contributed by atoms with Gasteiger partial charge in [-0.2, -0.15) is 0 Å². The van der Waals surface area contributed by atoms with Crippen LogP contribution in [-0.2, 0) is 6.42 Å². The predicted octanol–water partition coefficient (Wildman–Crippen LogP) is 3.52. The number of halogens is 1. The van der Waals surface area contributed by atoms with Gasteiger partial charge in [-0.3, -0.25) is 9.97 Å². The first-order valence-corrected chi connectivity index (χ1v) is 7.31. The molecule has 0 amide bonds. The van der Waals surface area contributed by atoms with Crippen LogP contribution in [-0.4, -0.2) is 16.5 Å². The molecule has 2 rings (SSSR count). The highest BCUT2D eigenvalue weighted by atomic mass is 79.9. The lowest BCUT2D eigenvalue weighted by atomic mass is 10.0. The van der Waals surface area contributed by atoms with Gasteiger partial charge in [-0.15, -0.1) is 0 Å². The molecule has 100 valence electrons. The number of nitrogens with zero attached hydrogens (tertiary/aromatic N) is 2. The fourth-order valence-electron chi connectivity index (χ4n) is 2.03. The zero-order chi connectivity index (χ0) is 13.5. The van der Waals surface area contributed by atoms with E-state index in [0.717, 1.165) is 23.9 Å². The Hall–Kier alpha value is -1.26. The van der Waals surface area contributed by atoms with Gasteiger partial charge in [0.05, 0.1) is 0 Å². The standard InChI is InChI=1S/C15H18BrN3/c1-2-5-19-15(13-3-6-17-7-4-13)9-12-8-14(16)11-18-10-12/h3-4,6-8,10-11,15,19H,2,5,9H2,1H3. The number of hydrogen-bond acceptors (Lipinski definition) is 3. The number of pyridine rings is 2. The number of aromatic nitrogens is 2. The largest absolute Gasteiger partial charge is 0.310 e. The first-order valence-electron chi connectivity index (χ1n) is 6.52. The molecule has 0 bridgehead atoms. The fraction of sp³-hybridized carbons (Fsp3) is 0.333. The van der Waals surface area contributed by atoms with Crippen molar-refractivity contribution in [3.8, 4) is 0 Å². The summed E-state index contributed by atoms with van der Waals surface area (Å²) in [6, 6.07) is 6.56. The van der Waals surface area contributed by atoms with E-state index in [1.807, 2.05) is 24.8 Å². The van der Waals surface area contributed by atoms with Gasteiger partial charge < -0.3 is 5.32 Å². The molecule has 0 radical (unpaired) electrons. The van der Waals surface area contributed by atoms with E-state index >= 15 is 0 Å². The first-order chi connectivity index (χ1) is 9.29. The van der Waals surface area contributed by atoms with Crippen molar-refractivity contribution in [3.05, 3.63) is 58.6 Å². The summed E-state index contributed by atoms with van der Waals surface area (Å²) in [6.07, 6.45) is 9.47. The van der Waals surface area contributed by atoms with Gasteiger partial charge in [0.2, 0.25) is 0 Å². The van der Waals surface area contributed by atoms with Crippen LogP contribution in [0.25, 0.3) is 0 Å². The van der Waals surface area contributed by atoms with Crippen molar-refractivity contribution < 1.29 is 0 Å². The third-order valence-corrected chi connectivity index (χ3v) is 3.38. The summed E-state index contributed by atoms with van der Waals surface area (Å²) in [5.41, 5.74) is 2.49. The minimum Gasteiger partial charge on any atom is -0.310 e. The molecule has 0 aliphatic heterocycles. The van der Waals surface area contributed by atoms with E-state index < -0.39 is 0 Å². The molecule has 2 aromatic rings. The minimum absolute atomic E-state index is 0.305. The highest BCUT2D eigenvalue weighted by molar-refractivity contribution is 9.10. The van der Waals surface area contributed by atoms with E-state index in [9.17, 15) is 0 Å². The smallest absolute Gasteiger partial charge is 0.0410 e. The summed E-state index contributed by atoms with van der Waals surface area (Å²) in [5, 5.41) is 3.58. The second-order valence-corrected chi connectivity index (χ2v) is 5.42. The number of nitrogens with one attached hydrogen (secondary N) is 1. The highest BCUT2D eigenvalue weighted by Crippen LogP contribution is 2.19. The molecular formula is C15H18BrN3. The Kier molecular flexibility index (Phi) is 5.48. The second-order valence-electron chi connectivity index (χ2n) is 4.50. The van der Waals surface area contributed by atoms with E-state index in [0.29, 0.717) is 6.04 Å². The number of hydrogen-bond donors (Lipinski definition) is 1. The quantitative estimate of drug-likeness (QED) is 0.885. The van der Waals surface area contributed by atoms with Gasteiger partial charge in [0.1, 0.15) is 0 Å². The molecule has 0 saturated carbocycles. The Morgan fingerprint density at radius 2 is 2.00 bits per heavy atom. The molecule has 2 heterocycles. The highest BCUT2D eigenvalue weighted by Gasteiger charge is 2.11. The molecule has 1 unspecified atom stereocenters. The van der Waals surface area contributed by atoms with Crippen LogP contribution in [0.15, 0.2) is 47.5 Å². The van der Waals surface area contributed by atoms with E-state index in [1.165, 1.54) is 11.1 Å². The Labute approximate surface area is 122 Å². The van der Waals surface area contributed by atoms with Crippen LogP contribution in [0.4, 0.5) is 0 Å². The molecular weight excluding hydrogens is 302 g/mol. The van der Waals surface area contributed by atoms with Gasteiger partial charge in [0.25, 0.3) is 0 Å². The summed E-state index contributed by atoms with van der Waals surface area (Å²) in [7, 11) is 0. The van der Waals surface area contributed by atoms with E-state index in [-0.39, 0.29) is 0 Å². The summed E-state index contributed by atoms with van der Waals surface area (Å²) < 4.78 is 1.02. The minimum atomic E-state index is 0.305. The molecule has 0 aliphatic rings. The lowest BCUT2D eigenvalue weighted by Gasteiger charge is -2.19. The summed E-state index contributed by atoms with van der Waals surface area (Å²) in [4.78, 5) is 8.31. The topological polar surface area (TPSA) is 37.8 Å². The zero-order valence-electron chi connectivity index (χ0n) is 11.0. The van der Waals surface area contributed by atoms with Gasteiger partial charge in [0, 0.05) is 35.3 Å². The Balaban J connectivity index is 2.14. The van der Waals surface area contributed by atoms with Crippen molar-refractivity contribution in [1.82, 2.24) is 15.3 Å². The van der Waals surface area contributed by atoms with E-state index in [1.54, 1.807) is 0 Å². The van der Waals surface area contributed by atoms with Crippen LogP contribution < -0.4 is 5.32 Å². The van der Waals surface area contributed by atoms with Crippen LogP contribution in [0.1, 0.15) is 30.5 Å². The molecule has 0 spiro atoms. The Bertz CT molecular complexity index is 502. The molecule has 3 nitrogen and oxygen atoms in total. The van der Waals surface area contributed by atoms with E-state index in [2.05, 4.69) is 56.3 Å². The molecule has 0 aliphatic carbocycles. The van der Waals surface area contributed by atoms with Crippen LogP contribution in [0.2, 0.25) is 0 Å². The van der Waals surface area contributed by atoms with Gasteiger partial charge in [-0.05, 0) is 64.6 Å². The average molecular weight is 320 g/mol. The lowest BCUT2D eigenvalue weighted by Crippen LogP contribution is -2.24. The van der Waals surface area contributed by atoms with Gasteiger partial charge in [-0.25, -0.2) is 0 Å². The molecule has 0 aromatic carbocycles.